The van der Waals surface area contributed by atoms with Crippen molar-refractivity contribution >= 4 is 17.6 Å². The molecule has 1 aliphatic rings. The molecule has 1 heterocycles. The third-order valence-electron chi connectivity index (χ3n) is 6.00. The lowest BCUT2D eigenvalue weighted by Gasteiger charge is -2.33. The van der Waals surface area contributed by atoms with Crippen LogP contribution in [0.5, 0.6) is 0 Å². The molecule has 1 aliphatic heterocycles. The van der Waals surface area contributed by atoms with E-state index in [1.165, 1.54) is 5.56 Å². The number of likely N-dealkylation sites (tertiary alicyclic amines) is 1. The number of amides is 3. The van der Waals surface area contributed by atoms with Gasteiger partial charge in [-0.25, -0.2) is 4.79 Å². The van der Waals surface area contributed by atoms with Crippen LogP contribution in [-0.2, 0) is 11.2 Å². The van der Waals surface area contributed by atoms with Crippen molar-refractivity contribution in [1.82, 2.24) is 10.2 Å². The smallest absolute Gasteiger partial charge is 0.321 e. The summed E-state index contributed by atoms with van der Waals surface area (Å²) in [5, 5.41) is 5.99. The van der Waals surface area contributed by atoms with E-state index in [1.807, 2.05) is 61.2 Å². The topological polar surface area (TPSA) is 70.7 Å². The summed E-state index contributed by atoms with van der Waals surface area (Å²) < 4.78 is 5.52. The molecular formula is C27H37N3O3. The molecule has 1 fully saturated rings. The first-order valence-electron chi connectivity index (χ1n) is 12.1. The Morgan fingerprint density at radius 2 is 1.94 bits per heavy atom. The predicted molar refractivity (Wildman–Crippen MR) is 133 cm³/mol. The number of benzene rings is 2. The van der Waals surface area contributed by atoms with Gasteiger partial charge in [0, 0.05) is 43.4 Å². The number of rotatable bonds is 9. The summed E-state index contributed by atoms with van der Waals surface area (Å²) in [6.45, 7) is 8.74. The standard InChI is InChI=1S/C27H37N3O3/c1-4-21-11-13-25(14-12-21)29-27(32)30-16-6-10-24(19-30)22-8-5-9-23(18-22)26(31)28-15-7-17-33-20(2)3/h5,8-9,11-14,18,20,24H,4,6-7,10,15-17,19H2,1-3H3,(H,28,31)(H,29,32). The highest BCUT2D eigenvalue weighted by Crippen LogP contribution is 2.28. The molecule has 0 spiro atoms. The fourth-order valence-electron chi connectivity index (χ4n) is 4.09. The van der Waals surface area contributed by atoms with E-state index >= 15 is 0 Å². The van der Waals surface area contributed by atoms with Gasteiger partial charge in [0.1, 0.15) is 0 Å². The Labute approximate surface area is 197 Å². The number of nitrogens with zero attached hydrogens (tertiary/aromatic N) is 1. The van der Waals surface area contributed by atoms with E-state index in [0.717, 1.165) is 43.5 Å². The van der Waals surface area contributed by atoms with E-state index in [4.69, 9.17) is 4.74 Å². The number of hydrogen-bond donors (Lipinski definition) is 2. The van der Waals surface area contributed by atoms with Crippen molar-refractivity contribution in [2.24, 2.45) is 0 Å². The SMILES string of the molecule is CCc1ccc(NC(=O)N2CCCC(c3cccc(C(=O)NCCCOC(C)C)c3)C2)cc1. The molecule has 3 amide bonds. The summed E-state index contributed by atoms with van der Waals surface area (Å²) in [5.74, 6) is 0.154. The van der Waals surface area contributed by atoms with Gasteiger partial charge < -0.3 is 20.3 Å². The van der Waals surface area contributed by atoms with Gasteiger partial charge in [0.25, 0.3) is 5.91 Å². The molecule has 0 radical (unpaired) electrons. The van der Waals surface area contributed by atoms with Crippen LogP contribution in [0.3, 0.4) is 0 Å². The summed E-state index contributed by atoms with van der Waals surface area (Å²) in [6.07, 6.45) is 3.92. The number of piperidine rings is 1. The quantitative estimate of drug-likeness (QED) is 0.515. The van der Waals surface area contributed by atoms with Crippen LogP contribution < -0.4 is 10.6 Å². The molecule has 1 unspecified atom stereocenters. The van der Waals surface area contributed by atoms with E-state index < -0.39 is 0 Å². The van der Waals surface area contributed by atoms with Gasteiger partial charge >= 0.3 is 6.03 Å². The number of carbonyl (C=O) groups is 2. The molecule has 0 saturated carbocycles. The zero-order valence-corrected chi connectivity index (χ0v) is 20.1. The van der Waals surface area contributed by atoms with Crippen LogP contribution in [-0.4, -0.2) is 49.2 Å². The summed E-state index contributed by atoms with van der Waals surface area (Å²) in [5.41, 5.74) is 3.83. The maximum absolute atomic E-state index is 12.8. The zero-order valence-electron chi connectivity index (χ0n) is 20.1. The van der Waals surface area contributed by atoms with Crippen molar-refractivity contribution in [3.63, 3.8) is 0 Å². The van der Waals surface area contributed by atoms with Crippen LogP contribution in [0.4, 0.5) is 10.5 Å². The van der Waals surface area contributed by atoms with E-state index in [0.29, 0.717) is 25.3 Å². The Bertz CT molecular complexity index is 911. The Morgan fingerprint density at radius 1 is 1.15 bits per heavy atom. The van der Waals surface area contributed by atoms with Gasteiger partial charge in [-0.15, -0.1) is 0 Å². The highest BCUT2D eigenvalue weighted by Gasteiger charge is 2.25. The van der Waals surface area contributed by atoms with Crippen LogP contribution in [0.25, 0.3) is 0 Å². The molecular weight excluding hydrogens is 414 g/mol. The third-order valence-corrected chi connectivity index (χ3v) is 6.00. The van der Waals surface area contributed by atoms with E-state index in [-0.39, 0.29) is 24.0 Å². The molecule has 1 saturated heterocycles. The molecule has 6 heteroatoms. The van der Waals surface area contributed by atoms with Gasteiger partial charge in [-0.3, -0.25) is 4.79 Å². The second-order valence-electron chi connectivity index (χ2n) is 8.92. The van der Waals surface area contributed by atoms with E-state index in [2.05, 4.69) is 23.6 Å². The third kappa shape index (κ3) is 7.60. The van der Waals surface area contributed by atoms with Gasteiger partial charge in [-0.2, -0.15) is 0 Å². The van der Waals surface area contributed by atoms with Gasteiger partial charge in [-0.1, -0.05) is 31.2 Å². The molecule has 33 heavy (non-hydrogen) atoms. The second kappa shape index (κ2) is 12.4. The molecule has 178 valence electrons. The van der Waals surface area contributed by atoms with Crippen LogP contribution in [0, 0.1) is 0 Å². The zero-order chi connectivity index (χ0) is 23.6. The van der Waals surface area contributed by atoms with Gasteiger partial charge in [0.15, 0.2) is 0 Å². The summed E-state index contributed by atoms with van der Waals surface area (Å²) in [7, 11) is 0. The molecule has 2 N–H and O–H groups in total. The van der Waals surface area contributed by atoms with Crippen LogP contribution in [0.2, 0.25) is 0 Å². The second-order valence-corrected chi connectivity index (χ2v) is 8.92. The van der Waals surface area contributed by atoms with Crippen molar-refractivity contribution < 1.29 is 14.3 Å². The number of ether oxygens (including phenoxy) is 1. The maximum atomic E-state index is 12.8. The lowest BCUT2D eigenvalue weighted by Crippen LogP contribution is -2.41. The number of nitrogens with one attached hydrogen (secondary N) is 2. The van der Waals surface area contributed by atoms with Crippen molar-refractivity contribution in [1.29, 1.82) is 0 Å². The number of urea groups is 1. The number of anilines is 1. The molecule has 0 aliphatic carbocycles. The lowest BCUT2D eigenvalue weighted by molar-refractivity contribution is 0.0757. The van der Waals surface area contributed by atoms with Gasteiger partial charge in [-0.05, 0) is 74.9 Å². The molecule has 6 nitrogen and oxygen atoms in total. The molecule has 2 aromatic rings. The fraction of sp³-hybridized carbons (Fsp3) is 0.481. The number of hydrogen-bond acceptors (Lipinski definition) is 3. The average Bonchev–Trinajstić information content (AvgIpc) is 2.84. The minimum Gasteiger partial charge on any atom is -0.379 e. The largest absolute Gasteiger partial charge is 0.379 e. The van der Waals surface area contributed by atoms with E-state index in [1.54, 1.807) is 0 Å². The Morgan fingerprint density at radius 3 is 2.67 bits per heavy atom. The highest BCUT2D eigenvalue weighted by atomic mass is 16.5. The van der Waals surface area contributed by atoms with Crippen molar-refractivity contribution in [3.05, 3.63) is 65.2 Å². The highest BCUT2D eigenvalue weighted by molar-refractivity contribution is 5.94. The van der Waals surface area contributed by atoms with Gasteiger partial charge in [0.2, 0.25) is 0 Å². The van der Waals surface area contributed by atoms with Crippen LogP contribution >= 0.6 is 0 Å². The van der Waals surface area contributed by atoms with Crippen molar-refractivity contribution in [2.45, 2.75) is 58.5 Å². The average molecular weight is 452 g/mol. The van der Waals surface area contributed by atoms with Gasteiger partial charge in [0.05, 0.1) is 6.10 Å². The minimum absolute atomic E-state index is 0.0673. The van der Waals surface area contributed by atoms with Crippen LogP contribution in [0.15, 0.2) is 48.5 Å². The number of aryl methyl sites for hydroxylation is 1. The first-order valence-corrected chi connectivity index (χ1v) is 12.1. The normalized spacial score (nSPS) is 16.0. The first kappa shape index (κ1) is 24.8. The minimum atomic E-state index is -0.0681. The first-order chi connectivity index (χ1) is 16.0. The molecule has 2 aromatic carbocycles. The Hall–Kier alpha value is -2.86. The lowest BCUT2D eigenvalue weighted by atomic mass is 9.89. The maximum Gasteiger partial charge on any atom is 0.321 e. The monoisotopic (exact) mass is 451 g/mol. The summed E-state index contributed by atoms with van der Waals surface area (Å²) >= 11 is 0. The Kier molecular flexibility index (Phi) is 9.31. The molecule has 0 aromatic heterocycles. The predicted octanol–water partition coefficient (Wildman–Crippen LogP) is 5.21. The summed E-state index contributed by atoms with van der Waals surface area (Å²) in [6, 6.07) is 15.7. The van der Waals surface area contributed by atoms with E-state index in [9.17, 15) is 9.59 Å². The van der Waals surface area contributed by atoms with Crippen molar-refractivity contribution in [3.8, 4) is 0 Å². The molecule has 1 atom stereocenters. The molecule has 3 rings (SSSR count). The van der Waals surface area contributed by atoms with Crippen LogP contribution in [0.1, 0.15) is 67.4 Å². The number of carbonyl (C=O) groups excluding carboxylic acids is 2. The van der Waals surface area contributed by atoms with Crippen molar-refractivity contribution in [2.75, 3.05) is 31.6 Å². The Balaban J connectivity index is 1.54. The summed E-state index contributed by atoms with van der Waals surface area (Å²) in [4.78, 5) is 27.3. The molecule has 0 bridgehead atoms. The fourth-order valence-corrected chi connectivity index (χ4v) is 4.09.